The summed E-state index contributed by atoms with van der Waals surface area (Å²) < 4.78 is 38.3. The normalized spacial score (nSPS) is 23.7. The number of benzene rings is 1. The zero-order valence-corrected chi connectivity index (χ0v) is 16.0. The summed E-state index contributed by atoms with van der Waals surface area (Å²) in [5.74, 6) is -1.25. The third-order valence-corrected chi connectivity index (χ3v) is 5.62. The molecule has 2 aliphatic rings. The molecule has 0 bridgehead atoms. The van der Waals surface area contributed by atoms with E-state index in [2.05, 4.69) is 15.5 Å². The summed E-state index contributed by atoms with van der Waals surface area (Å²) in [6.07, 6.45) is 0.557. The van der Waals surface area contributed by atoms with Crippen molar-refractivity contribution < 1.29 is 27.9 Å². The lowest BCUT2D eigenvalue weighted by atomic mass is 9.94. The Morgan fingerprint density at radius 3 is 2.55 bits per heavy atom. The molecule has 1 aliphatic carbocycles. The SMILES string of the molecule is O=C(CNC(=O)c1cccc(C(F)(F)F)c1)N[C@H]1CN(C2CCCCC2)C[C@H]1O. The predicted octanol–water partition coefficient (Wildman–Crippen LogP) is 1.93. The minimum atomic E-state index is -4.55. The molecule has 1 saturated heterocycles. The first-order chi connectivity index (χ1) is 13.7. The third-order valence-electron chi connectivity index (χ3n) is 5.62. The van der Waals surface area contributed by atoms with Crippen LogP contribution in [0.2, 0.25) is 0 Å². The molecule has 0 unspecified atom stereocenters. The molecule has 1 aromatic carbocycles. The lowest BCUT2D eigenvalue weighted by molar-refractivity contribution is -0.137. The number of aliphatic hydroxyl groups is 1. The molecule has 1 heterocycles. The van der Waals surface area contributed by atoms with Crippen LogP contribution in [-0.2, 0) is 11.0 Å². The van der Waals surface area contributed by atoms with Gasteiger partial charge in [-0.3, -0.25) is 14.5 Å². The van der Waals surface area contributed by atoms with Gasteiger partial charge in [-0.05, 0) is 31.0 Å². The number of nitrogens with one attached hydrogen (secondary N) is 2. The molecular formula is C20H26F3N3O3. The molecule has 0 spiro atoms. The van der Waals surface area contributed by atoms with Crippen LogP contribution >= 0.6 is 0 Å². The largest absolute Gasteiger partial charge is 0.416 e. The quantitative estimate of drug-likeness (QED) is 0.689. The van der Waals surface area contributed by atoms with Gasteiger partial charge in [-0.15, -0.1) is 0 Å². The van der Waals surface area contributed by atoms with Crippen LogP contribution in [0.1, 0.15) is 48.0 Å². The summed E-state index contributed by atoms with van der Waals surface area (Å²) in [7, 11) is 0. The van der Waals surface area contributed by atoms with Crippen LogP contribution in [0.4, 0.5) is 13.2 Å². The van der Waals surface area contributed by atoms with Crippen molar-refractivity contribution in [2.45, 2.75) is 56.5 Å². The molecule has 3 rings (SSSR count). The van der Waals surface area contributed by atoms with E-state index in [4.69, 9.17) is 0 Å². The standard InChI is InChI=1S/C20H26F3N3O3/c21-20(22,23)14-6-4-5-13(9-14)19(29)24-10-18(28)25-16-11-26(12-17(16)27)15-7-2-1-3-8-15/h4-6,9,15-17,27H,1-3,7-8,10-12H2,(H,24,29)(H,25,28)/t16-,17+/m0/s1. The van der Waals surface area contributed by atoms with E-state index in [1.54, 1.807) is 0 Å². The van der Waals surface area contributed by atoms with E-state index in [0.717, 1.165) is 31.0 Å². The van der Waals surface area contributed by atoms with Crippen molar-refractivity contribution in [1.29, 1.82) is 0 Å². The Bertz CT molecular complexity index is 735. The van der Waals surface area contributed by atoms with Crippen LogP contribution in [0.3, 0.4) is 0 Å². The van der Waals surface area contributed by atoms with Crippen LogP contribution in [0.5, 0.6) is 0 Å². The highest BCUT2D eigenvalue weighted by atomic mass is 19.4. The minimum absolute atomic E-state index is 0.169. The van der Waals surface area contributed by atoms with E-state index < -0.39 is 35.7 Å². The van der Waals surface area contributed by atoms with Gasteiger partial charge in [0, 0.05) is 24.7 Å². The summed E-state index contributed by atoms with van der Waals surface area (Å²) in [5.41, 5.74) is -1.09. The van der Waals surface area contributed by atoms with Gasteiger partial charge in [0.05, 0.1) is 24.3 Å². The van der Waals surface area contributed by atoms with E-state index in [-0.39, 0.29) is 12.1 Å². The zero-order chi connectivity index (χ0) is 21.0. The molecule has 0 radical (unpaired) electrons. The number of halogens is 3. The van der Waals surface area contributed by atoms with Crippen molar-refractivity contribution in [3.05, 3.63) is 35.4 Å². The fraction of sp³-hybridized carbons (Fsp3) is 0.600. The molecule has 3 N–H and O–H groups in total. The van der Waals surface area contributed by atoms with Gasteiger partial charge >= 0.3 is 6.18 Å². The first-order valence-electron chi connectivity index (χ1n) is 9.91. The summed E-state index contributed by atoms with van der Waals surface area (Å²) in [6.45, 7) is 0.688. The maximum atomic E-state index is 12.8. The molecule has 1 saturated carbocycles. The summed E-state index contributed by atoms with van der Waals surface area (Å²) in [6, 6.07) is 4.03. The number of amides is 2. The predicted molar refractivity (Wildman–Crippen MR) is 100 cm³/mol. The second kappa shape index (κ2) is 9.13. The van der Waals surface area contributed by atoms with Gasteiger partial charge < -0.3 is 15.7 Å². The number of carbonyl (C=O) groups excluding carboxylic acids is 2. The Balaban J connectivity index is 1.48. The molecule has 1 aliphatic heterocycles. The maximum absolute atomic E-state index is 12.8. The van der Waals surface area contributed by atoms with Gasteiger partial charge in [-0.2, -0.15) is 13.2 Å². The number of alkyl halides is 3. The Labute approximate surface area is 167 Å². The second-order valence-electron chi connectivity index (χ2n) is 7.75. The van der Waals surface area contributed by atoms with Crippen LogP contribution in [0.15, 0.2) is 24.3 Å². The fourth-order valence-corrected chi connectivity index (χ4v) is 4.06. The van der Waals surface area contributed by atoms with E-state index in [0.29, 0.717) is 19.1 Å². The van der Waals surface area contributed by atoms with Crippen LogP contribution in [0, 0.1) is 0 Å². The van der Waals surface area contributed by atoms with Gasteiger partial charge in [-0.25, -0.2) is 0 Å². The Hall–Kier alpha value is -2.13. The van der Waals surface area contributed by atoms with Crippen LogP contribution in [0.25, 0.3) is 0 Å². The summed E-state index contributed by atoms with van der Waals surface area (Å²) >= 11 is 0. The smallest absolute Gasteiger partial charge is 0.390 e. The van der Waals surface area contributed by atoms with Crippen molar-refractivity contribution in [3.63, 3.8) is 0 Å². The molecule has 2 amide bonds. The molecular weight excluding hydrogens is 387 g/mol. The first-order valence-corrected chi connectivity index (χ1v) is 9.91. The molecule has 1 aromatic rings. The highest BCUT2D eigenvalue weighted by Gasteiger charge is 2.36. The van der Waals surface area contributed by atoms with E-state index in [9.17, 15) is 27.9 Å². The van der Waals surface area contributed by atoms with Crippen molar-refractivity contribution >= 4 is 11.8 Å². The lowest BCUT2D eigenvalue weighted by Crippen LogP contribution is -2.47. The van der Waals surface area contributed by atoms with Crippen LogP contribution < -0.4 is 10.6 Å². The number of aliphatic hydroxyl groups excluding tert-OH is 1. The molecule has 2 fully saturated rings. The molecule has 0 aromatic heterocycles. The van der Waals surface area contributed by atoms with Gasteiger partial charge in [0.15, 0.2) is 0 Å². The Morgan fingerprint density at radius 1 is 1.14 bits per heavy atom. The van der Waals surface area contributed by atoms with Gasteiger partial charge in [0.2, 0.25) is 5.91 Å². The topological polar surface area (TPSA) is 81.7 Å². The lowest BCUT2D eigenvalue weighted by Gasteiger charge is -2.30. The van der Waals surface area contributed by atoms with E-state index in [1.807, 2.05) is 0 Å². The van der Waals surface area contributed by atoms with Crippen molar-refractivity contribution in [2.24, 2.45) is 0 Å². The van der Waals surface area contributed by atoms with Crippen molar-refractivity contribution in [2.75, 3.05) is 19.6 Å². The highest BCUT2D eigenvalue weighted by Crippen LogP contribution is 2.29. The number of β-amino-alcohol motifs (C(OH)–C–C–N with tert-alkyl or cyclic N) is 1. The number of likely N-dealkylation sites (tertiary alicyclic amines) is 1. The maximum Gasteiger partial charge on any atom is 0.416 e. The first kappa shape index (κ1) is 21.6. The van der Waals surface area contributed by atoms with Crippen LogP contribution in [-0.4, -0.2) is 59.6 Å². The Morgan fingerprint density at radius 2 is 1.86 bits per heavy atom. The third kappa shape index (κ3) is 5.70. The number of rotatable bonds is 5. The van der Waals surface area contributed by atoms with Gasteiger partial charge in [0.25, 0.3) is 5.91 Å². The fourth-order valence-electron chi connectivity index (χ4n) is 4.06. The monoisotopic (exact) mass is 413 g/mol. The van der Waals surface area contributed by atoms with E-state index >= 15 is 0 Å². The number of carbonyl (C=O) groups is 2. The summed E-state index contributed by atoms with van der Waals surface area (Å²) in [4.78, 5) is 26.4. The minimum Gasteiger partial charge on any atom is -0.390 e. The molecule has 160 valence electrons. The second-order valence-corrected chi connectivity index (χ2v) is 7.75. The number of hydrogen-bond acceptors (Lipinski definition) is 4. The molecule has 9 heteroatoms. The zero-order valence-electron chi connectivity index (χ0n) is 16.0. The molecule has 29 heavy (non-hydrogen) atoms. The van der Waals surface area contributed by atoms with Crippen molar-refractivity contribution in [3.8, 4) is 0 Å². The Kier molecular flexibility index (Phi) is 6.79. The molecule has 6 nitrogen and oxygen atoms in total. The highest BCUT2D eigenvalue weighted by molar-refractivity contribution is 5.96. The van der Waals surface area contributed by atoms with E-state index in [1.165, 1.54) is 25.3 Å². The van der Waals surface area contributed by atoms with Gasteiger partial charge in [0.1, 0.15) is 0 Å². The summed E-state index contributed by atoms with van der Waals surface area (Å²) in [5, 5.41) is 15.3. The number of hydrogen-bond donors (Lipinski definition) is 3. The average molecular weight is 413 g/mol. The molecule has 2 atom stereocenters. The number of nitrogens with zero attached hydrogens (tertiary/aromatic N) is 1. The van der Waals surface area contributed by atoms with Crippen molar-refractivity contribution in [1.82, 2.24) is 15.5 Å². The average Bonchev–Trinajstić information content (AvgIpc) is 3.06. The van der Waals surface area contributed by atoms with Gasteiger partial charge in [-0.1, -0.05) is 25.3 Å².